The fourth-order valence-electron chi connectivity index (χ4n) is 2.68. The molecule has 5 nitrogen and oxygen atoms in total. The fraction of sp³-hybridized carbons (Fsp3) is 0.143. The summed E-state index contributed by atoms with van der Waals surface area (Å²) in [6, 6.07) is 15.1. The Morgan fingerprint density at radius 3 is 2.61 bits per heavy atom. The normalized spacial score (nSPS) is 10.5. The molecule has 0 saturated heterocycles. The number of halogens is 1. The monoisotopic (exact) mass is 398 g/mol. The third-order valence-corrected chi connectivity index (χ3v) is 5.08. The number of thiophene rings is 1. The lowest BCUT2D eigenvalue weighted by atomic mass is 10.1. The molecule has 0 unspecified atom stereocenters. The summed E-state index contributed by atoms with van der Waals surface area (Å²) in [5.74, 6) is -0.526. The standard InChI is InChI=1S/C21H19FN2O3S/c1-13-18(15-5-7-16(22)8-6-15)10-19(28-13)21(26)24-11-14-3-2-4-17(9-14)27-12-20(23)25/h2-10H,11-12H2,1H3,(H2,23,25)(H,24,26). The van der Waals surface area contributed by atoms with Crippen LogP contribution in [0, 0.1) is 12.7 Å². The largest absolute Gasteiger partial charge is 0.484 e. The SMILES string of the molecule is Cc1sc(C(=O)NCc2cccc(OCC(N)=O)c2)cc1-c1ccc(F)cc1. The van der Waals surface area contributed by atoms with Crippen molar-refractivity contribution in [3.05, 3.63) is 75.7 Å². The van der Waals surface area contributed by atoms with Gasteiger partial charge in [-0.2, -0.15) is 0 Å². The molecule has 0 bridgehead atoms. The number of carbonyl (C=O) groups excluding carboxylic acids is 2. The van der Waals surface area contributed by atoms with Crippen molar-refractivity contribution in [2.45, 2.75) is 13.5 Å². The second-order valence-electron chi connectivity index (χ2n) is 6.17. The minimum Gasteiger partial charge on any atom is -0.484 e. The van der Waals surface area contributed by atoms with E-state index in [0.29, 0.717) is 17.2 Å². The molecule has 0 aliphatic carbocycles. The lowest BCUT2D eigenvalue weighted by molar-refractivity contribution is -0.119. The highest BCUT2D eigenvalue weighted by molar-refractivity contribution is 7.14. The lowest BCUT2D eigenvalue weighted by Crippen LogP contribution is -2.22. The first-order valence-corrected chi connectivity index (χ1v) is 9.38. The van der Waals surface area contributed by atoms with Crippen LogP contribution < -0.4 is 15.8 Å². The second kappa shape index (κ2) is 8.67. The number of aryl methyl sites for hydroxylation is 1. The molecular formula is C21H19FN2O3S. The summed E-state index contributed by atoms with van der Waals surface area (Å²) in [7, 11) is 0. The van der Waals surface area contributed by atoms with Crippen molar-refractivity contribution in [3.63, 3.8) is 0 Å². The molecule has 0 saturated carbocycles. The van der Waals surface area contributed by atoms with Crippen LogP contribution in [0.3, 0.4) is 0 Å². The van der Waals surface area contributed by atoms with E-state index in [4.69, 9.17) is 10.5 Å². The van der Waals surface area contributed by atoms with Crippen LogP contribution in [0.15, 0.2) is 54.6 Å². The van der Waals surface area contributed by atoms with Gasteiger partial charge in [0.15, 0.2) is 6.61 Å². The lowest BCUT2D eigenvalue weighted by Gasteiger charge is -2.07. The summed E-state index contributed by atoms with van der Waals surface area (Å²) in [4.78, 5) is 24.9. The predicted octanol–water partition coefficient (Wildman–Crippen LogP) is 3.66. The van der Waals surface area contributed by atoms with Crippen molar-refractivity contribution >= 4 is 23.2 Å². The van der Waals surface area contributed by atoms with Gasteiger partial charge in [-0.15, -0.1) is 11.3 Å². The first-order valence-electron chi connectivity index (χ1n) is 8.57. The predicted molar refractivity (Wildman–Crippen MR) is 107 cm³/mol. The van der Waals surface area contributed by atoms with Gasteiger partial charge in [0.05, 0.1) is 4.88 Å². The minimum atomic E-state index is -0.552. The summed E-state index contributed by atoms with van der Waals surface area (Å²) in [6.45, 7) is 2.05. The average Bonchev–Trinajstić information content (AvgIpc) is 3.07. The molecule has 2 aromatic carbocycles. The Labute approximate surface area is 166 Å². The quantitative estimate of drug-likeness (QED) is 0.637. The molecule has 0 spiro atoms. The van der Waals surface area contributed by atoms with Crippen molar-refractivity contribution in [1.82, 2.24) is 5.32 Å². The number of benzene rings is 2. The summed E-state index contributed by atoms with van der Waals surface area (Å²) >= 11 is 1.39. The molecule has 144 valence electrons. The summed E-state index contributed by atoms with van der Waals surface area (Å²) in [6.07, 6.45) is 0. The van der Waals surface area contributed by atoms with Crippen molar-refractivity contribution in [2.75, 3.05) is 6.61 Å². The van der Waals surface area contributed by atoms with Gasteiger partial charge < -0.3 is 15.8 Å². The van der Waals surface area contributed by atoms with Crippen molar-refractivity contribution in [3.8, 4) is 16.9 Å². The number of amides is 2. The molecule has 3 aromatic rings. The van der Waals surface area contributed by atoms with Gasteiger partial charge in [0.25, 0.3) is 11.8 Å². The van der Waals surface area contributed by atoms with E-state index in [9.17, 15) is 14.0 Å². The van der Waals surface area contributed by atoms with E-state index in [-0.39, 0.29) is 18.3 Å². The number of nitrogens with one attached hydrogen (secondary N) is 1. The Bertz CT molecular complexity index is 999. The van der Waals surface area contributed by atoms with Crippen LogP contribution in [0.5, 0.6) is 5.75 Å². The number of rotatable bonds is 7. The number of nitrogens with two attached hydrogens (primary N) is 1. The van der Waals surface area contributed by atoms with E-state index in [2.05, 4.69) is 5.32 Å². The highest BCUT2D eigenvalue weighted by Gasteiger charge is 2.14. The van der Waals surface area contributed by atoms with Crippen molar-refractivity contribution < 1.29 is 18.7 Å². The summed E-state index contributed by atoms with van der Waals surface area (Å²) < 4.78 is 18.4. The van der Waals surface area contributed by atoms with Gasteiger partial charge in [0.1, 0.15) is 11.6 Å². The van der Waals surface area contributed by atoms with E-state index < -0.39 is 5.91 Å². The van der Waals surface area contributed by atoms with Gasteiger partial charge in [0, 0.05) is 11.4 Å². The van der Waals surface area contributed by atoms with Crippen LogP contribution in [0.2, 0.25) is 0 Å². The Kier molecular flexibility index (Phi) is 6.06. The van der Waals surface area contributed by atoms with Gasteiger partial charge in [-0.05, 0) is 53.9 Å². The van der Waals surface area contributed by atoms with Crippen molar-refractivity contribution in [1.29, 1.82) is 0 Å². The van der Waals surface area contributed by atoms with E-state index in [1.165, 1.54) is 23.5 Å². The molecule has 28 heavy (non-hydrogen) atoms. The minimum absolute atomic E-state index is 0.190. The van der Waals surface area contributed by atoms with Crippen molar-refractivity contribution in [2.24, 2.45) is 5.73 Å². The maximum Gasteiger partial charge on any atom is 0.261 e. The zero-order chi connectivity index (χ0) is 20.1. The molecule has 0 aliphatic rings. The highest BCUT2D eigenvalue weighted by Crippen LogP contribution is 2.31. The van der Waals surface area contributed by atoms with Gasteiger partial charge in [-0.25, -0.2) is 4.39 Å². The third kappa shape index (κ3) is 4.95. The molecule has 0 aliphatic heterocycles. The van der Waals surface area contributed by atoms with Crippen LogP contribution in [0.4, 0.5) is 4.39 Å². The van der Waals surface area contributed by atoms with Crippen LogP contribution >= 0.6 is 11.3 Å². The number of carbonyl (C=O) groups is 2. The second-order valence-corrected chi connectivity index (χ2v) is 7.43. The zero-order valence-electron chi connectivity index (χ0n) is 15.2. The molecule has 0 fully saturated rings. The van der Waals surface area contributed by atoms with Crippen LogP contribution in [0.25, 0.3) is 11.1 Å². The Morgan fingerprint density at radius 2 is 1.89 bits per heavy atom. The molecule has 0 atom stereocenters. The highest BCUT2D eigenvalue weighted by atomic mass is 32.1. The molecule has 7 heteroatoms. The fourth-order valence-corrected chi connectivity index (χ4v) is 3.64. The summed E-state index contributed by atoms with van der Waals surface area (Å²) in [5.41, 5.74) is 7.68. The third-order valence-electron chi connectivity index (χ3n) is 4.03. The smallest absolute Gasteiger partial charge is 0.261 e. The van der Waals surface area contributed by atoms with Gasteiger partial charge in [-0.1, -0.05) is 24.3 Å². The maximum absolute atomic E-state index is 13.1. The first kappa shape index (κ1) is 19.6. The average molecular weight is 398 g/mol. The summed E-state index contributed by atoms with van der Waals surface area (Å²) in [5, 5.41) is 2.87. The Hall–Kier alpha value is -3.19. The van der Waals surface area contributed by atoms with Crippen LogP contribution in [-0.4, -0.2) is 18.4 Å². The Morgan fingerprint density at radius 1 is 1.14 bits per heavy atom. The molecule has 2 amide bonds. The number of ether oxygens (including phenoxy) is 1. The molecule has 1 aromatic heterocycles. The number of hydrogen-bond donors (Lipinski definition) is 2. The van der Waals surface area contributed by atoms with E-state index in [1.54, 1.807) is 30.3 Å². The van der Waals surface area contributed by atoms with Gasteiger partial charge in [0.2, 0.25) is 0 Å². The first-order chi connectivity index (χ1) is 13.4. The molecule has 3 N–H and O–H groups in total. The van der Waals surface area contributed by atoms with E-state index in [0.717, 1.165) is 21.6 Å². The molecular weight excluding hydrogens is 379 g/mol. The zero-order valence-corrected chi connectivity index (χ0v) is 16.0. The van der Waals surface area contributed by atoms with E-state index in [1.807, 2.05) is 19.1 Å². The van der Waals surface area contributed by atoms with Gasteiger partial charge >= 0.3 is 0 Å². The number of hydrogen-bond acceptors (Lipinski definition) is 4. The Balaban J connectivity index is 1.66. The van der Waals surface area contributed by atoms with Gasteiger partial charge in [-0.3, -0.25) is 9.59 Å². The molecule has 3 rings (SSSR count). The van der Waals surface area contributed by atoms with Crippen LogP contribution in [-0.2, 0) is 11.3 Å². The number of primary amides is 1. The maximum atomic E-state index is 13.1. The molecule has 1 heterocycles. The van der Waals surface area contributed by atoms with Crippen LogP contribution in [0.1, 0.15) is 20.1 Å². The topological polar surface area (TPSA) is 81.4 Å². The van der Waals surface area contributed by atoms with E-state index >= 15 is 0 Å². The molecule has 0 radical (unpaired) electrons.